The Morgan fingerprint density at radius 1 is 1.46 bits per heavy atom. The van der Waals surface area contributed by atoms with Gasteiger partial charge in [0.2, 0.25) is 0 Å². The standard InChI is InChI=1S/C9H17F2NO/c1-13-7-3-6-12-5-2-4-9(10,11)8-12/h2-8H2,1H3. The molecule has 2 nitrogen and oxygen atoms in total. The van der Waals surface area contributed by atoms with Crippen molar-refractivity contribution in [1.29, 1.82) is 0 Å². The number of halogens is 2. The largest absolute Gasteiger partial charge is 0.385 e. The molecule has 78 valence electrons. The van der Waals surface area contributed by atoms with Crippen LogP contribution >= 0.6 is 0 Å². The van der Waals surface area contributed by atoms with Gasteiger partial charge < -0.3 is 4.74 Å². The molecule has 4 heteroatoms. The Bertz CT molecular complexity index is 153. The van der Waals surface area contributed by atoms with Crippen molar-refractivity contribution < 1.29 is 13.5 Å². The Morgan fingerprint density at radius 2 is 2.23 bits per heavy atom. The fourth-order valence-electron chi connectivity index (χ4n) is 1.67. The molecule has 0 amide bonds. The van der Waals surface area contributed by atoms with Crippen LogP contribution in [-0.2, 0) is 4.74 Å². The van der Waals surface area contributed by atoms with Gasteiger partial charge in [0.1, 0.15) is 0 Å². The van der Waals surface area contributed by atoms with Crippen LogP contribution in [0.4, 0.5) is 8.78 Å². The zero-order valence-electron chi connectivity index (χ0n) is 8.06. The zero-order valence-corrected chi connectivity index (χ0v) is 8.06. The van der Waals surface area contributed by atoms with Gasteiger partial charge in [-0.2, -0.15) is 0 Å². The molecule has 0 spiro atoms. The van der Waals surface area contributed by atoms with E-state index in [1.807, 2.05) is 4.90 Å². The van der Waals surface area contributed by atoms with E-state index in [9.17, 15) is 8.78 Å². The molecule has 0 aromatic heterocycles. The number of alkyl halides is 2. The van der Waals surface area contributed by atoms with Gasteiger partial charge in [-0.3, -0.25) is 4.90 Å². The topological polar surface area (TPSA) is 12.5 Å². The summed E-state index contributed by atoms with van der Waals surface area (Å²) in [4.78, 5) is 1.82. The van der Waals surface area contributed by atoms with Gasteiger partial charge >= 0.3 is 0 Å². The number of hydrogen-bond acceptors (Lipinski definition) is 2. The van der Waals surface area contributed by atoms with E-state index in [1.54, 1.807) is 7.11 Å². The minimum atomic E-state index is -2.47. The third-order valence-electron chi connectivity index (χ3n) is 2.29. The highest BCUT2D eigenvalue weighted by Crippen LogP contribution is 2.26. The summed E-state index contributed by atoms with van der Waals surface area (Å²) in [5.74, 6) is -2.47. The number of piperidine rings is 1. The van der Waals surface area contributed by atoms with E-state index in [0.29, 0.717) is 13.0 Å². The Balaban J connectivity index is 2.19. The van der Waals surface area contributed by atoms with E-state index in [1.165, 1.54) is 0 Å². The summed E-state index contributed by atoms with van der Waals surface area (Å²) < 4.78 is 30.7. The summed E-state index contributed by atoms with van der Waals surface area (Å²) in [7, 11) is 1.63. The number of ether oxygens (including phenoxy) is 1. The van der Waals surface area contributed by atoms with Crippen LogP contribution < -0.4 is 0 Å². The summed E-state index contributed by atoms with van der Waals surface area (Å²) in [6.07, 6.45) is 1.50. The predicted octanol–water partition coefficient (Wildman–Crippen LogP) is 1.75. The van der Waals surface area contributed by atoms with Crippen molar-refractivity contribution in [2.75, 3.05) is 33.4 Å². The average Bonchev–Trinajstić information content (AvgIpc) is 2.03. The molecule has 0 radical (unpaired) electrons. The van der Waals surface area contributed by atoms with Crippen LogP contribution in [0.2, 0.25) is 0 Å². The summed E-state index contributed by atoms with van der Waals surface area (Å²) in [6, 6.07) is 0. The summed E-state index contributed by atoms with van der Waals surface area (Å²) >= 11 is 0. The van der Waals surface area contributed by atoms with Crippen LogP contribution in [0.25, 0.3) is 0 Å². The minimum Gasteiger partial charge on any atom is -0.385 e. The molecule has 1 fully saturated rings. The first-order valence-corrected chi connectivity index (χ1v) is 4.73. The third kappa shape index (κ3) is 4.00. The lowest BCUT2D eigenvalue weighted by molar-refractivity contribution is -0.0648. The summed E-state index contributed by atoms with van der Waals surface area (Å²) in [5, 5.41) is 0. The predicted molar refractivity (Wildman–Crippen MR) is 47.1 cm³/mol. The molecule has 13 heavy (non-hydrogen) atoms. The molecule has 1 aliphatic rings. The van der Waals surface area contributed by atoms with Gasteiger partial charge in [0.05, 0.1) is 6.54 Å². The fraction of sp³-hybridized carbons (Fsp3) is 1.00. The second kappa shape index (κ2) is 4.86. The molecular weight excluding hydrogens is 176 g/mol. The molecule has 1 saturated heterocycles. The van der Waals surface area contributed by atoms with Crippen molar-refractivity contribution in [3.63, 3.8) is 0 Å². The Morgan fingerprint density at radius 3 is 2.85 bits per heavy atom. The van der Waals surface area contributed by atoms with Gasteiger partial charge in [-0.15, -0.1) is 0 Å². The van der Waals surface area contributed by atoms with Crippen molar-refractivity contribution >= 4 is 0 Å². The number of hydrogen-bond donors (Lipinski definition) is 0. The van der Waals surface area contributed by atoms with Crippen molar-refractivity contribution in [2.45, 2.75) is 25.2 Å². The maximum Gasteiger partial charge on any atom is 0.260 e. The Kier molecular flexibility index (Phi) is 4.06. The van der Waals surface area contributed by atoms with E-state index < -0.39 is 5.92 Å². The molecule has 1 heterocycles. The molecule has 0 unspecified atom stereocenters. The van der Waals surface area contributed by atoms with Gasteiger partial charge in [0.25, 0.3) is 5.92 Å². The Hall–Kier alpha value is -0.220. The van der Waals surface area contributed by atoms with Gasteiger partial charge in [0.15, 0.2) is 0 Å². The molecule has 1 rings (SSSR count). The van der Waals surface area contributed by atoms with E-state index in [-0.39, 0.29) is 13.0 Å². The quantitative estimate of drug-likeness (QED) is 0.631. The summed E-state index contributed by atoms with van der Waals surface area (Å²) in [6.45, 7) is 2.11. The zero-order chi connectivity index (χ0) is 9.73. The van der Waals surface area contributed by atoms with Crippen molar-refractivity contribution in [2.24, 2.45) is 0 Å². The number of likely N-dealkylation sites (tertiary alicyclic amines) is 1. The van der Waals surface area contributed by atoms with Crippen LogP contribution in [-0.4, -0.2) is 44.2 Å². The number of nitrogens with zero attached hydrogens (tertiary/aromatic N) is 1. The highest BCUT2D eigenvalue weighted by atomic mass is 19.3. The van der Waals surface area contributed by atoms with Crippen molar-refractivity contribution in [3.05, 3.63) is 0 Å². The van der Waals surface area contributed by atoms with Crippen LogP contribution in [0, 0.1) is 0 Å². The second-order valence-electron chi connectivity index (χ2n) is 3.58. The molecule has 0 aromatic carbocycles. The lowest BCUT2D eigenvalue weighted by Gasteiger charge is -2.32. The SMILES string of the molecule is COCCCN1CCCC(F)(F)C1. The smallest absolute Gasteiger partial charge is 0.260 e. The van der Waals surface area contributed by atoms with Crippen LogP contribution in [0.5, 0.6) is 0 Å². The van der Waals surface area contributed by atoms with E-state index >= 15 is 0 Å². The third-order valence-corrected chi connectivity index (χ3v) is 2.29. The first-order valence-electron chi connectivity index (χ1n) is 4.73. The lowest BCUT2D eigenvalue weighted by Crippen LogP contribution is -2.43. The van der Waals surface area contributed by atoms with E-state index in [2.05, 4.69) is 0 Å². The van der Waals surface area contributed by atoms with Gasteiger partial charge in [-0.1, -0.05) is 0 Å². The van der Waals surface area contributed by atoms with Gasteiger partial charge in [-0.25, -0.2) is 8.78 Å². The monoisotopic (exact) mass is 193 g/mol. The van der Waals surface area contributed by atoms with Crippen molar-refractivity contribution in [3.8, 4) is 0 Å². The number of rotatable bonds is 4. The maximum atomic E-state index is 12.9. The minimum absolute atomic E-state index is 0.0494. The molecule has 0 aromatic rings. The maximum absolute atomic E-state index is 12.9. The van der Waals surface area contributed by atoms with Crippen LogP contribution in [0.3, 0.4) is 0 Å². The average molecular weight is 193 g/mol. The lowest BCUT2D eigenvalue weighted by atomic mass is 10.1. The van der Waals surface area contributed by atoms with Gasteiger partial charge in [0, 0.05) is 26.7 Å². The molecule has 0 aliphatic carbocycles. The first-order chi connectivity index (χ1) is 6.14. The van der Waals surface area contributed by atoms with Gasteiger partial charge in [-0.05, 0) is 19.4 Å². The van der Waals surface area contributed by atoms with Crippen LogP contribution in [0.15, 0.2) is 0 Å². The highest BCUT2D eigenvalue weighted by Gasteiger charge is 2.34. The van der Waals surface area contributed by atoms with E-state index in [4.69, 9.17) is 4.74 Å². The molecule has 0 bridgehead atoms. The molecule has 0 N–H and O–H groups in total. The normalized spacial score (nSPS) is 23.3. The number of methoxy groups -OCH3 is 1. The van der Waals surface area contributed by atoms with Crippen molar-refractivity contribution in [1.82, 2.24) is 4.90 Å². The highest BCUT2D eigenvalue weighted by molar-refractivity contribution is 4.78. The molecule has 0 saturated carbocycles. The molecule has 1 aliphatic heterocycles. The van der Waals surface area contributed by atoms with E-state index in [0.717, 1.165) is 19.5 Å². The van der Waals surface area contributed by atoms with Crippen LogP contribution in [0.1, 0.15) is 19.3 Å². The summed E-state index contributed by atoms with van der Waals surface area (Å²) in [5.41, 5.74) is 0. The second-order valence-corrected chi connectivity index (χ2v) is 3.58. The first kappa shape index (κ1) is 10.9. The fourth-order valence-corrected chi connectivity index (χ4v) is 1.67. The molecule has 0 atom stereocenters. The molecular formula is C9H17F2NO. The Labute approximate surface area is 77.9 Å².